The fourth-order valence-corrected chi connectivity index (χ4v) is 4.63. The molecule has 2 amide bonds. The molecule has 2 heterocycles. The van der Waals surface area contributed by atoms with Gasteiger partial charge in [-0.1, -0.05) is 12.1 Å². The maximum absolute atomic E-state index is 13.9. The van der Waals surface area contributed by atoms with Crippen molar-refractivity contribution in [3.63, 3.8) is 0 Å². The maximum Gasteiger partial charge on any atom is 0.318 e. The molecule has 0 aromatic heterocycles. The Morgan fingerprint density at radius 2 is 1.92 bits per heavy atom. The molecule has 0 aliphatic carbocycles. The SMILES string of the molecule is O=C(N[C@H]1CCCN1S(=O)(=O)c1ccccc1F)N1CCOCC1. The molecule has 2 saturated heterocycles. The van der Waals surface area contributed by atoms with Gasteiger partial charge in [0.2, 0.25) is 10.0 Å². The number of rotatable bonds is 3. The number of amides is 2. The van der Waals surface area contributed by atoms with Crippen molar-refractivity contribution in [2.24, 2.45) is 0 Å². The highest BCUT2D eigenvalue weighted by Crippen LogP contribution is 2.26. The molecule has 7 nitrogen and oxygen atoms in total. The Bertz CT molecular complexity index is 706. The van der Waals surface area contributed by atoms with Gasteiger partial charge in [0.05, 0.1) is 19.4 Å². The predicted octanol–water partition coefficient (Wildman–Crippen LogP) is 0.978. The Labute approximate surface area is 140 Å². The summed E-state index contributed by atoms with van der Waals surface area (Å²) in [6, 6.07) is 4.95. The van der Waals surface area contributed by atoms with Crippen LogP contribution in [0, 0.1) is 5.82 Å². The van der Waals surface area contributed by atoms with Crippen molar-refractivity contribution < 1.29 is 22.3 Å². The van der Waals surface area contributed by atoms with E-state index in [4.69, 9.17) is 4.74 Å². The highest BCUT2D eigenvalue weighted by molar-refractivity contribution is 7.89. The number of urea groups is 1. The van der Waals surface area contributed by atoms with Crippen LogP contribution < -0.4 is 5.32 Å². The first kappa shape index (κ1) is 17.1. The highest BCUT2D eigenvalue weighted by atomic mass is 32.2. The number of nitrogens with zero attached hydrogens (tertiary/aromatic N) is 2. The minimum Gasteiger partial charge on any atom is -0.378 e. The molecule has 0 radical (unpaired) electrons. The monoisotopic (exact) mass is 357 g/mol. The van der Waals surface area contributed by atoms with E-state index in [2.05, 4.69) is 5.32 Å². The van der Waals surface area contributed by atoms with Crippen LogP contribution in [-0.2, 0) is 14.8 Å². The summed E-state index contributed by atoms with van der Waals surface area (Å²) in [5.74, 6) is -0.789. The van der Waals surface area contributed by atoms with Crippen molar-refractivity contribution in [3.05, 3.63) is 30.1 Å². The molecule has 2 fully saturated rings. The molecule has 0 unspecified atom stereocenters. The largest absolute Gasteiger partial charge is 0.378 e. The lowest BCUT2D eigenvalue weighted by atomic mass is 10.3. The van der Waals surface area contributed by atoms with Crippen molar-refractivity contribution >= 4 is 16.1 Å². The summed E-state index contributed by atoms with van der Waals surface area (Å²) >= 11 is 0. The summed E-state index contributed by atoms with van der Waals surface area (Å²) in [5.41, 5.74) is 0. The third-order valence-electron chi connectivity index (χ3n) is 4.22. The average Bonchev–Trinajstić information content (AvgIpc) is 3.05. The van der Waals surface area contributed by atoms with Gasteiger partial charge in [-0.3, -0.25) is 0 Å². The van der Waals surface area contributed by atoms with E-state index in [1.807, 2.05) is 0 Å². The number of carbonyl (C=O) groups is 1. The van der Waals surface area contributed by atoms with E-state index in [1.54, 1.807) is 4.90 Å². The van der Waals surface area contributed by atoms with E-state index in [1.165, 1.54) is 22.5 Å². The second kappa shape index (κ2) is 7.04. The quantitative estimate of drug-likeness (QED) is 0.875. The van der Waals surface area contributed by atoms with Crippen molar-refractivity contribution in [3.8, 4) is 0 Å². The zero-order chi connectivity index (χ0) is 17.2. The van der Waals surface area contributed by atoms with Gasteiger partial charge in [-0.05, 0) is 25.0 Å². The number of ether oxygens (including phenoxy) is 1. The predicted molar refractivity (Wildman–Crippen MR) is 84.2 cm³/mol. The van der Waals surface area contributed by atoms with Gasteiger partial charge >= 0.3 is 6.03 Å². The van der Waals surface area contributed by atoms with Gasteiger partial charge in [-0.15, -0.1) is 0 Å². The minimum atomic E-state index is -3.99. The van der Waals surface area contributed by atoms with Crippen LogP contribution in [0.1, 0.15) is 12.8 Å². The number of hydrogen-bond acceptors (Lipinski definition) is 4. The third-order valence-corrected chi connectivity index (χ3v) is 6.16. The molecule has 1 aromatic carbocycles. The Morgan fingerprint density at radius 3 is 2.62 bits per heavy atom. The first-order chi connectivity index (χ1) is 11.5. The fraction of sp³-hybridized carbons (Fsp3) is 0.533. The number of nitrogens with one attached hydrogen (secondary N) is 1. The van der Waals surface area contributed by atoms with Crippen LogP contribution in [0.4, 0.5) is 9.18 Å². The molecule has 9 heteroatoms. The molecule has 0 bridgehead atoms. The molecule has 2 aliphatic rings. The summed E-state index contributed by atoms with van der Waals surface area (Å²) in [6.45, 7) is 2.13. The third kappa shape index (κ3) is 3.38. The molecule has 132 valence electrons. The van der Waals surface area contributed by atoms with Crippen LogP contribution in [0.15, 0.2) is 29.2 Å². The zero-order valence-electron chi connectivity index (χ0n) is 13.2. The second-order valence-electron chi connectivity index (χ2n) is 5.75. The average molecular weight is 357 g/mol. The van der Waals surface area contributed by atoms with Gasteiger partial charge in [0, 0.05) is 19.6 Å². The topological polar surface area (TPSA) is 79.0 Å². The molecular weight excluding hydrogens is 337 g/mol. The smallest absolute Gasteiger partial charge is 0.318 e. The number of halogens is 1. The van der Waals surface area contributed by atoms with Gasteiger partial charge in [0.25, 0.3) is 0 Å². The molecule has 1 aromatic rings. The Hall–Kier alpha value is -1.71. The van der Waals surface area contributed by atoms with Crippen LogP contribution in [0.2, 0.25) is 0 Å². The Morgan fingerprint density at radius 1 is 1.21 bits per heavy atom. The van der Waals surface area contributed by atoms with Gasteiger partial charge in [-0.2, -0.15) is 4.31 Å². The van der Waals surface area contributed by atoms with Crippen molar-refractivity contribution in [2.45, 2.75) is 23.9 Å². The van der Waals surface area contributed by atoms with E-state index < -0.39 is 22.0 Å². The van der Waals surface area contributed by atoms with E-state index in [0.717, 1.165) is 6.07 Å². The standard InChI is InChI=1S/C15H20FN3O4S/c16-12-4-1-2-5-13(12)24(21,22)19-7-3-6-14(19)17-15(20)18-8-10-23-11-9-18/h1-2,4-5,14H,3,6-11H2,(H,17,20)/t14-/m1/s1. The van der Waals surface area contributed by atoms with Crippen LogP contribution >= 0.6 is 0 Å². The van der Waals surface area contributed by atoms with Gasteiger partial charge < -0.3 is 15.0 Å². The van der Waals surface area contributed by atoms with Crippen molar-refractivity contribution in [1.29, 1.82) is 0 Å². The number of sulfonamides is 1. The maximum atomic E-state index is 13.9. The second-order valence-corrected chi connectivity index (χ2v) is 7.61. The molecule has 24 heavy (non-hydrogen) atoms. The lowest BCUT2D eigenvalue weighted by molar-refractivity contribution is 0.0517. The number of benzene rings is 1. The van der Waals surface area contributed by atoms with Crippen LogP contribution in [0.25, 0.3) is 0 Å². The lowest BCUT2D eigenvalue weighted by Crippen LogP contribution is -2.53. The summed E-state index contributed by atoms with van der Waals surface area (Å²) in [5, 5.41) is 2.75. The fourth-order valence-electron chi connectivity index (χ4n) is 2.95. The van der Waals surface area contributed by atoms with E-state index in [0.29, 0.717) is 39.1 Å². The Kier molecular flexibility index (Phi) is 5.02. The highest BCUT2D eigenvalue weighted by Gasteiger charge is 2.38. The zero-order valence-corrected chi connectivity index (χ0v) is 14.0. The normalized spacial score (nSPS) is 22.5. The summed E-state index contributed by atoms with van der Waals surface area (Å²) in [4.78, 5) is 13.5. The molecule has 2 aliphatic heterocycles. The molecule has 3 rings (SSSR count). The molecule has 1 atom stereocenters. The van der Waals surface area contributed by atoms with E-state index in [9.17, 15) is 17.6 Å². The molecule has 0 spiro atoms. The van der Waals surface area contributed by atoms with E-state index >= 15 is 0 Å². The van der Waals surface area contributed by atoms with Gasteiger partial charge in [-0.25, -0.2) is 17.6 Å². The molecule has 1 N–H and O–H groups in total. The van der Waals surface area contributed by atoms with Crippen LogP contribution in [0.3, 0.4) is 0 Å². The van der Waals surface area contributed by atoms with E-state index in [-0.39, 0.29) is 17.5 Å². The summed E-state index contributed by atoms with van der Waals surface area (Å²) < 4.78 is 45.7. The Balaban J connectivity index is 1.75. The minimum absolute atomic E-state index is 0.255. The van der Waals surface area contributed by atoms with Crippen molar-refractivity contribution in [1.82, 2.24) is 14.5 Å². The van der Waals surface area contributed by atoms with Crippen LogP contribution in [0.5, 0.6) is 0 Å². The summed E-state index contributed by atoms with van der Waals surface area (Å²) in [7, 11) is -3.99. The van der Waals surface area contributed by atoms with Crippen molar-refractivity contribution in [2.75, 3.05) is 32.8 Å². The number of hydrogen-bond donors (Lipinski definition) is 1. The molecular formula is C15H20FN3O4S. The number of carbonyl (C=O) groups excluding carboxylic acids is 1. The first-order valence-electron chi connectivity index (χ1n) is 7.90. The lowest BCUT2D eigenvalue weighted by Gasteiger charge is -2.31. The van der Waals surface area contributed by atoms with Gasteiger partial charge in [0.15, 0.2) is 0 Å². The first-order valence-corrected chi connectivity index (χ1v) is 9.34. The number of morpholine rings is 1. The summed E-state index contributed by atoms with van der Waals surface area (Å²) in [6.07, 6.45) is 0.454. The molecule has 0 saturated carbocycles. The van der Waals surface area contributed by atoms with Gasteiger partial charge in [0.1, 0.15) is 10.7 Å². The van der Waals surface area contributed by atoms with Crippen LogP contribution in [-0.4, -0.2) is 62.7 Å².